The van der Waals surface area contributed by atoms with Gasteiger partial charge in [-0.15, -0.1) is 0 Å². The summed E-state index contributed by atoms with van der Waals surface area (Å²) in [5, 5.41) is 2.89. The van der Waals surface area contributed by atoms with E-state index in [0.717, 1.165) is 16.6 Å². The number of hydrogen-bond donors (Lipinski definition) is 1. The van der Waals surface area contributed by atoms with Crippen LogP contribution in [0.5, 0.6) is 5.75 Å². The number of oxazole rings is 1. The van der Waals surface area contributed by atoms with Gasteiger partial charge < -0.3 is 14.5 Å². The molecule has 0 unspecified atom stereocenters. The van der Waals surface area contributed by atoms with Crippen LogP contribution in [0.15, 0.2) is 77.2 Å². The van der Waals surface area contributed by atoms with E-state index in [-0.39, 0.29) is 5.91 Å². The highest BCUT2D eigenvalue weighted by molar-refractivity contribution is 6.03. The van der Waals surface area contributed by atoms with Gasteiger partial charge in [-0.05, 0) is 53.5 Å². The predicted molar refractivity (Wildman–Crippen MR) is 124 cm³/mol. The molecule has 5 nitrogen and oxygen atoms in total. The zero-order valence-electron chi connectivity index (χ0n) is 17.8. The van der Waals surface area contributed by atoms with Crippen molar-refractivity contribution in [3.63, 3.8) is 0 Å². The van der Waals surface area contributed by atoms with Crippen molar-refractivity contribution in [3.8, 4) is 17.2 Å². The zero-order valence-corrected chi connectivity index (χ0v) is 17.8. The summed E-state index contributed by atoms with van der Waals surface area (Å²) in [6.07, 6.45) is 3.30. The number of carbonyl (C=O) groups is 1. The Bertz CT molecular complexity index is 1200. The van der Waals surface area contributed by atoms with Crippen molar-refractivity contribution < 1.29 is 13.9 Å². The summed E-state index contributed by atoms with van der Waals surface area (Å²) >= 11 is 0. The van der Waals surface area contributed by atoms with Crippen LogP contribution in [0.1, 0.15) is 30.9 Å². The van der Waals surface area contributed by atoms with E-state index < -0.39 is 0 Å². The number of rotatable bonds is 6. The van der Waals surface area contributed by atoms with Gasteiger partial charge in [0.1, 0.15) is 11.3 Å². The van der Waals surface area contributed by atoms with E-state index in [9.17, 15) is 4.79 Å². The third-order valence-electron chi connectivity index (χ3n) is 5.03. The average Bonchev–Trinajstić information content (AvgIpc) is 3.22. The molecule has 0 spiro atoms. The molecule has 4 aromatic rings. The van der Waals surface area contributed by atoms with Crippen molar-refractivity contribution in [2.45, 2.75) is 19.8 Å². The molecule has 156 valence electrons. The number of carbonyl (C=O) groups excluding carboxylic acids is 1. The molecule has 5 heteroatoms. The Morgan fingerprint density at radius 3 is 2.55 bits per heavy atom. The van der Waals surface area contributed by atoms with Crippen LogP contribution in [0.4, 0.5) is 5.69 Å². The van der Waals surface area contributed by atoms with Crippen molar-refractivity contribution in [2.24, 2.45) is 0 Å². The van der Waals surface area contributed by atoms with Gasteiger partial charge in [0.2, 0.25) is 11.8 Å². The first-order valence-electron chi connectivity index (χ1n) is 10.2. The average molecular weight is 412 g/mol. The fourth-order valence-corrected chi connectivity index (χ4v) is 3.27. The van der Waals surface area contributed by atoms with Crippen LogP contribution < -0.4 is 10.1 Å². The van der Waals surface area contributed by atoms with Gasteiger partial charge in [0.15, 0.2) is 5.58 Å². The van der Waals surface area contributed by atoms with E-state index >= 15 is 0 Å². The van der Waals surface area contributed by atoms with E-state index in [2.05, 4.69) is 36.3 Å². The van der Waals surface area contributed by atoms with Crippen molar-refractivity contribution in [2.75, 3.05) is 12.4 Å². The number of amides is 1. The highest BCUT2D eigenvalue weighted by Crippen LogP contribution is 2.32. The molecule has 0 radical (unpaired) electrons. The minimum Gasteiger partial charge on any atom is -0.495 e. The first kappa shape index (κ1) is 20.4. The Morgan fingerprint density at radius 2 is 1.84 bits per heavy atom. The van der Waals surface area contributed by atoms with E-state index in [4.69, 9.17) is 9.15 Å². The lowest BCUT2D eigenvalue weighted by molar-refractivity contribution is -0.111. The van der Waals surface area contributed by atoms with Crippen LogP contribution in [-0.4, -0.2) is 18.0 Å². The third kappa shape index (κ3) is 4.67. The minimum atomic E-state index is -0.249. The molecule has 3 aromatic carbocycles. The monoisotopic (exact) mass is 412 g/mol. The standard InChI is InChI=1S/C26H24N2O3/c1-17(2)19-11-8-18(9-12-19)10-15-25(29)27-22-16-20(13-14-23(22)30-3)26-28-21-6-4-5-7-24(21)31-26/h4-17H,1-3H3,(H,27,29)/b15-10+. The first-order chi connectivity index (χ1) is 15.0. The molecule has 0 aliphatic heterocycles. The number of hydrogen-bond acceptors (Lipinski definition) is 4. The summed E-state index contributed by atoms with van der Waals surface area (Å²) in [5.41, 5.74) is 5.03. The van der Waals surface area contributed by atoms with Gasteiger partial charge in [0, 0.05) is 11.6 Å². The predicted octanol–water partition coefficient (Wildman–Crippen LogP) is 6.28. The van der Waals surface area contributed by atoms with Crippen molar-refractivity contribution in [1.82, 2.24) is 4.98 Å². The smallest absolute Gasteiger partial charge is 0.248 e. The molecule has 0 saturated heterocycles. The van der Waals surface area contributed by atoms with Gasteiger partial charge >= 0.3 is 0 Å². The maximum atomic E-state index is 12.5. The summed E-state index contributed by atoms with van der Waals surface area (Å²) in [6, 6.07) is 21.2. The number of fused-ring (bicyclic) bond motifs is 1. The highest BCUT2D eigenvalue weighted by atomic mass is 16.5. The number of nitrogens with one attached hydrogen (secondary N) is 1. The van der Waals surface area contributed by atoms with Gasteiger partial charge in [-0.1, -0.05) is 50.2 Å². The number of aromatic nitrogens is 1. The maximum absolute atomic E-state index is 12.5. The highest BCUT2D eigenvalue weighted by Gasteiger charge is 2.12. The van der Waals surface area contributed by atoms with Gasteiger partial charge in [-0.2, -0.15) is 0 Å². The molecule has 1 N–H and O–H groups in total. The summed E-state index contributed by atoms with van der Waals surface area (Å²) in [6.45, 7) is 4.31. The molecular weight excluding hydrogens is 388 g/mol. The Morgan fingerprint density at radius 1 is 1.06 bits per heavy atom. The molecule has 1 heterocycles. The van der Waals surface area contributed by atoms with E-state index in [1.165, 1.54) is 11.6 Å². The number of benzene rings is 3. The SMILES string of the molecule is COc1ccc(-c2nc3ccccc3o2)cc1NC(=O)/C=C/c1ccc(C(C)C)cc1. The summed E-state index contributed by atoms with van der Waals surface area (Å²) in [4.78, 5) is 17.0. The quantitative estimate of drug-likeness (QED) is 0.379. The fraction of sp³-hybridized carbons (Fsp3) is 0.154. The molecule has 1 aromatic heterocycles. The zero-order chi connectivity index (χ0) is 21.8. The molecule has 31 heavy (non-hydrogen) atoms. The van der Waals surface area contributed by atoms with Crippen LogP contribution in [0.3, 0.4) is 0 Å². The van der Waals surface area contributed by atoms with Crippen molar-refractivity contribution in [3.05, 3.63) is 83.9 Å². The van der Waals surface area contributed by atoms with Crippen LogP contribution in [0, 0.1) is 0 Å². The van der Waals surface area contributed by atoms with Crippen molar-refractivity contribution >= 4 is 28.8 Å². The summed E-state index contributed by atoms with van der Waals surface area (Å²) in [5.74, 6) is 1.27. The maximum Gasteiger partial charge on any atom is 0.248 e. The molecule has 0 aliphatic carbocycles. The second-order valence-corrected chi connectivity index (χ2v) is 7.55. The molecule has 0 saturated carbocycles. The summed E-state index contributed by atoms with van der Waals surface area (Å²) in [7, 11) is 1.57. The van der Waals surface area contributed by atoms with Crippen LogP contribution in [-0.2, 0) is 4.79 Å². The van der Waals surface area contributed by atoms with Gasteiger partial charge in [-0.25, -0.2) is 4.98 Å². The van der Waals surface area contributed by atoms with E-state index in [0.29, 0.717) is 28.8 Å². The number of para-hydroxylation sites is 2. The molecule has 0 atom stereocenters. The number of anilines is 1. The number of ether oxygens (including phenoxy) is 1. The molecule has 0 bridgehead atoms. The molecule has 1 amide bonds. The summed E-state index contributed by atoms with van der Waals surface area (Å²) < 4.78 is 11.2. The van der Waals surface area contributed by atoms with Crippen LogP contribution >= 0.6 is 0 Å². The normalized spacial score (nSPS) is 11.4. The first-order valence-corrected chi connectivity index (χ1v) is 10.2. The Balaban J connectivity index is 1.54. The van der Waals surface area contributed by atoms with Crippen molar-refractivity contribution in [1.29, 1.82) is 0 Å². The molecule has 0 aliphatic rings. The number of nitrogens with zero attached hydrogens (tertiary/aromatic N) is 1. The Labute approximate surface area is 181 Å². The molecule has 4 rings (SSSR count). The van der Waals surface area contributed by atoms with E-state index in [1.54, 1.807) is 25.3 Å². The lowest BCUT2D eigenvalue weighted by Crippen LogP contribution is -2.09. The number of methoxy groups -OCH3 is 1. The Kier molecular flexibility index (Phi) is 5.85. The second-order valence-electron chi connectivity index (χ2n) is 7.55. The Hall–Kier alpha value is -3.86. The van der Waals surface area contributed by atoms with Crippen LogP contribution in [0.25, 0.3) is 28.6 Å². The lowest BCUT2D eigenvalue weighted by Gasteiger charge is -2.10. The third-order valence-corrected chi connectivity index (χ3v) is 5.03. The molecule has 0 fully saturated rings. The van der Waals surface area contributed by atoms with Gasteiger partial charge in [0.25, 0.3) is 0 Å². The van der Waals surface area contributed by atoms with Gasteiger partial charge in [-0.3, -0.25) is 4.79 Å². The lowest BCUT2D eigenvalue weighted by atomic mass is 10.0. The minimum absolute atomic E-state index is 0.249. The fourth-order valence-electron chi connectivity index (χ4n) is 3.27. The topological polar surface area (TPSA) is 64.4 Å². The largest absolute Gasteiger partial charge is 0.495 e. The van der Waals surface area contributed by atoms with Crippen LogP contribution in [0.2, 0.25) is 0 Å². The van der Waals surface area contributed by atoms with Gasteiger partial charge in [0.05, 0.1) is 12.8 Å². The molecular formula is C26H24N2O3. The van der Waals surface area contributed by atoms with E-state index in [1.807, 2.05) is 42.5 Å². The second kappa shape index (κ2) is 8.88.